The van der Waals surface area contributed by atoms with Crippen LogP contribution in [0.5, 0.6) is 0 Å². The number of benzene rings is 10. The zero-order valence-corrected chi connectivity index (χ0v) is 33.1. The first-order valence-corrected chi connectivity index (χ1v) is 20.8. The lowest BCUT2D eigenvalue weighted by atomic mass is 9.67. The van der Waals surface area contributed by atoms with Crippen LogP contribution >= 0.6 is 0 Å². The first kappa shape index (κ1) is 35.4. The van der Waals surface area contributed by atoms with E-state index in [1.807, 2.05) is 0 Å². The second-order valence-corrected chi connectivity index (χ2v) is 15.7. The van der Waals surface area contributed by atoms with Crippen molar-refractivity contribution in [2.24, 2.45) is 0 Å². The Kier molecular flexibility index (Phi) is 8.79. The molecule has 11 rings (SSSR count). The molecule has 10 aromatic rings. The molecule has 0 N–H and O–H groups in total. The molecule has 0 atom stereocenters. The molecule has 0 amide bonds. The summed E-state index contributed by atoms with van der Waals surface area (Å²) in [6.07, 6.45) is 0. The smallest absolute Gasteiger partial charge is 0.0714 e. The summed E-state index contributed by atoms with van der Waals surface area (Å²) < 4.78 is 0. The van der Waals surface area contributed by atoms with Crippen molar-refractivity contribution in [2.75, 3.05) is 4.90 Å². The largest absolute Gasteiger partial charge is 0.311 e. The summed E-state index contributed by atoms with van der Waals surface area (Å²) in [5, 5.41) is 2.55. The third-order valence-electron chi connectivity index (χ3n) is 12.3. The maximum absolute atomic E-state index is 2.47. The van der Waals surface area contributed by atoms with E-state index in [1.54, 1.807) is 0 Å². The van der Waals surface area contributed by atoms with Crippen LogP contribution in [-0.2, 0) is 5.41 Å². The van der Waals surface area contributed by atoms with Crippen LogP contribution in [0.25, 0.3) is 55.3 Å². The van der Waals surface area contributed by atoms with Gasteiger partial charge in [0.15, 0.2) is 0 Å². The zero-order chi connectivity index (χ0) is 39.9. The van der Waals surface area contributed by atoms with E-state index in [1.165, 1.54) is 77.5 Å². The summed E-state index contributed by atoms with van der Waals surface area (Å²) in [4.78, 5) is 2.33. The van der Waals surface area contributed by atoms with Gasteiger partial charge in [-0.25, -0.2) is 0 Å². The highest BCUT2D eigenvalue weighted by molar-refractivity contribution is 6.04. The molecule has 1 nitrogen and oxygen atoms in total. The Morgan fingerprint density at radius 2 is 0.733 bits per heavy atom. The van der Waals surface area contributed by atoms with Crippen LogP contribution in [0.2, 0.25) is 0 Å². The van der Waals surface area contributed by atoms with E-state index in [9.17, 15) is 0 Å². The molecule has 60 heavy (non-hydrogen) atoms. The van der Waals surface area contributed by atoms with Gasteiger partial charge in [0.25, 0.3) is 0 Å². The zero-order valence-electron chi connectivity index (χ0n) is 33.1. The van der Waals surface area contributed by atoms with E-state index in [-0.39, 0.29) is 0 Å². The molecule has 0 aliphatic heterocycles. The number of hydrogen-bond donors (Lipinski definition) is 0. The van der Waals surface area contributed by atoms with E-state index in [0.29, 0.717) is 0 Å². The molecule has 0 bridgehead atoms. The fourth-order valence-electron chi connectivity index (χ4n) is 9.58. The van der Waals surface area contributed by atoms with Crippen LogP contribution in [0.15, 0.2) is 249 Å². The third kappa shape index (κ3) is 5.94. The summed E-state index contributed by atoms with van der Waals surface area (Å²) >= 11 is 0. The Morgan fingerprint density at radius 1 is 0.283 bits per heavy atom. The topological polar surface area (TPSA) is 3.24 Å². The molecule has 0 unspecified atom stereocenters. The Balaban J connectivity index is 0.996. The minimum atomic E-state index is -0.479. The Morgan fingerprint density at radius 3 is 1.37 bits per heavy atom. The van der Waals surface area contributed by atoms with E-state index >= 15 is 0 Å². The molecule has 1 aliphatic carbocycles. The maximum atomic E-state index is 2.47. The SMILES string of the molecule is c1ccc(-c2ccc(N(c3ccccc3)c3ccc(-c4cccc(-c5ccc6c(c5)C(c5ccccc5)(c5ccccc5)c5ccc7ccccc7c5-6)c4)cc3)cc2)cc1. The van der Waals surface area contributed by atoms with Gasteiger partial charge in [-0.05, 0) is 126 Å². The van der Waals surface area contributed by atoms with Crippen LogP contribution in [0.3, 0.4) is 0 Å². The number of nitrogens with zero attached hydrogens (tertiary/aromatic N) is 1. The summed E-state index contributed by atoms with van der Waals surface area (Å²) in [6, 6.07) is 90.9. The van der Waals surface area contributed by atoms with E-state index in [4.69, 9.17) is 0 Å². The van der Waals surface area contributed by atoms with Gasteiger partial charge in [-0.15, -0.1) is 0 Å². The van der Waals surface area contributed by atoms with Gasteiger partial charge in [0.1, 0.15) is 0 Å². The summed E-state index contributed by atoms with van der Waals surface area (Å²) in [5.74, 6) is 0. The van der Waals surface area contributed by atoms with Crippen LogP contribution in [0.4, 0.5) is 17.1 Å². The van der Waals surface area contributed by atoms with Gasteiger partial charge in [0.05, 0.1) is 5.41 Å². The van der Waals surface area contributed by atoms with Gasteiger partial charge in [-0.2, -0.15) is 0 Å². The minimum Gasteiger partial charge on any atom is -0.311 e. The average molecular weight is 764 g/mol. The molecule has 1 heteroatoms. The van der Waals surface area contributed by atoms with Crippen LogP contribution in [-0.4, -0.2) is 0 Å². The molecular formula is C59H41N. The first-order valence-electron chi connectivity index (χ1n) is 20.8. The summed E-state index contributed by atoms with van der Waals surface area (Å²) in [6.45, 7) is 0. The minimum absolute atomic E-state index is 0.479. The number of rotatable bonds is 8. The predicted molar refractivity (Wildman–Crippen MR) is 252 cm³/mol. The van der Waals surface area contributed by atoms with Crippen molar-refractivity contribution >= 4 is 27.8 Å². The molecule has 0 aromatic heterocycles. The fraction of sp³-hybridized carbons (Fsp3) is 0.0169. The lowest BCUT2D eigenvalue weighted by Gasteiger charge is -2.34. The lowest BCUT2D eigenvalue weighted by molar-refractivity contribution is 0.769. The highest BCUT2D eigenvalue weighted by atomic mass is 15.1. The molecular weight excluding hydrogens is 723 g/mol. The van der Waals surface area contributed by atoms with Gasteiger partial charge < -0.3 is 4.90 Å². The maximum Gasteiger partial charge on any atom is 0.0714 e. The van der Waals surface area contributed by atoms with Crippen LogP contribution < -0.4 is 4.90 Å². The summed E-state index contributed by atoms with van der Waals surface area (Å²) in [7, 11) is 0. The van der Waals surface area contributed by atoms with Crippen LogP contribution in [0.1, 0.15) is 22.3 Å². The Hall–Kier alpha value is -7.74. The molecule has 0 saturated carbocycles. The third-order valence-corrected chi connectivity index (χ3v) is 12.3. The molecule has 1 aliphatic rings. The monoisotopic (exact) mass is 763 g/mol. The first-order chi connectivity index (χ1) is 29.8. The van der Waals surface area contributed by atoms with Gasteiger partial charge in [0.2, 0.25) is 0 Å². The lowest BCUT2D eigenvalue weighted by Crippen LogP contribution is -2.28. The second-order valence-electron chi connectivity index (χ2n) is 15.7. The number of hydrogen-bond acceptors (Lipinski definition) is 1. The second kappa shape index (κ2) is 14.9. The van der Waals surface area contributed by atoms with Crippen molar-refractivity contribution < 1.29 is 0 Å². The van der Waals surface area contributed by atoms with Gasteiger partial charge in [-0.3, -0.25) is 0 Å². The average Bonchev–Trinajstić information content (AvgIpc) is 3.64. The standard InChI is InChI=1S/C59H41N/c1-5-16-42(17-6-1)43-28-34-52(35-29-43)60(51-25-11-4-12-26-51)53-36-30-44(31-37-53)46-19-15-20-47(40-46)48-32-38-55-57(41-48)59(49-21-7-2-8-22-49,50-23-9-3-10-24-50)56-39-33-45-18-13-14-27-54(45)58(55)56/h1-41H. The van der Waals surface area contributed by atoms with Crippen molar-refractivity contribution in [2.45, 2.75) is 5.41 Å². The van der Waals surface area contributed by atoms with Crippen molar-refractivity contribution in [1.29, 1.82) is 0 Å². The molecule has 0 spiro atoms. The molecule has 282 valence electrons. The van der Waals surface area contributed by atoms with E-state index in [2.05, 4.69) is 254 Å². The summed E-state index contributed by atoms with van der Waals surface area (Å²) in [5.41, 5.74) is 17.9. The highest BCUT2D eigenvalue weighted by Crippen LogP contribution is 2.58. The predicted octanol–water partition coefficient (Wildman–Crippen LogP) is 15.7. The Labute approximate surface area is 352 Å². The number of fused-ring (bicyclic) bond motifs is 5. The quantitative estimate of drug-likeness (QED) is 0.149. The molecule has 0 fully saturated rings. The molecule has 0 radical (unpaired) electrons. The molecule has 0 saturated heterocycles. The van der Waals surface area contributed by atoms with Crippen LogP contribution in [0, 0.1) is 0 Å². The Bertz CT molecular complexity index is 3060. The van der Waals surface area contributed by atoms with E-state index in [0.717, 1.165) is 17.1 Å². The fourth-order valence-corrected chi connectivity index (χ4v) is 9.58. The van der Waals surface area contributed by atoms with Crippen molar-refractivity contribution in [1.82, 2.24) is 0 Å². The number of anilines is 3. The van der Waals surface area contributed by atoms with Gasteiger partial charge >= 0.3 is 0 Å². The molecule has 10 aromatic carbocycles. The highest BCUT2D eigenvalue weighted by Gasteiger charge is 2.46. The van der Waals surface area contributed by atoms with Crippen molar-refractivity contribution in [3.05, 3.63) is 271 Å². The van der Waals surface area contributed by atoms with Crippen molar-refractivity contribution in [3.8, 4) is 44.5 Å². The van der Waals surface area contributed by atoms with Gasteiger partial charge in [-0.1, -0.05) is 200 Å². The van der Waals surface area contributed by atoms with Gasteiger partial charge in [0, 0.05) is 17.1 Å². The molecule has 0 heterocycles. The van der Waals surface area contributed by atoms with Crippen molar-refractivity contribution in [3.63, 3.8) is 0 Å². The number of para-hydroxylation sites is 1. The van der Waals surface area contributed by atoms with E-state index < -0.39 is 5.41 Å². The normalized spacial score (nSPS) is 12.5.